The SMILES string of the molecule is NC1CCCC1Nc1ncc(C(F)(F)F)cc1F. The number of rotatable bonds is 2. The monoisotopic (exact) mass is 263 g/mol. The zero-order chi connectivity index (χ0) is 13.3. The molecule has 1 aromatic heterocycles. The number of halogens is 4. The fourth-order valence-electron chi connectivity index (χ4n) is 2.04. The molecule has 1 heterocycles. The normalized spacial score (nSPS) is 24.3. The van der Waals surface area contributed by atoms with Gasteiger partial charge in [0, 0.05) is 18.3 Å². The van der Waals surface area contributed by atoms with Crippen molar-refractivity contribution in [3.05, 3.63) is 23.6 Å². The minimum absolute atomic E-state index is 0.117. The first-order chi connectivity index (χ1) is 8.38. The van der Waals surface area contributed by atoms with Crippen molar-refractivity contribution in [2.45, 2.75) is 37.5 Å². The minimum Gasteiger partial charge on any atom is -0.363 e. The Bertz CT molecular complexity index is 433. The van der Waals surface area contributed by atoms with Gasteiger partial charge in [-0.15, -0.1) is 0 Å². The maximum Gasteiger partial charge on any atom is 0.417 e. The van der Waals surface area contributed by atoms with E-state index in [1.54, 1.807) is 0 Å². The van der Waals surface area contributed by atoms with Crippen molar-refractivity contribution < 1.29 is 17.6 Å². The Morgan fingerprint density at radius 3 is 2.56 bits per heavy atom. The van der Waals surface area contributed by atoms with Crippen LogP contribution in [0.2, 0.25) is 0 Å². The van der Waals surface area contributed by atoms with E-state index in [0.717, 1.165) is 19.3 Å². The lowest BCUT2D eigenvalue weighted by Crippen LogP contribution is -2.35. The maximum absolute atomic E-state index is 13.5. The number of hydrogen-bond acceptors (Lipinski definition) is 3. The van der Waals surface area contributed by atoms with Crippen LogP contribution in [0, 0.1) is 5.82 Å². The molecule has 1 aliphatic carbocycles. The van der Waals surface area contributed by atoms with Crippen LogP contribution in [-0.2, 0) is 6.18 Å². The molecule has 0 amide bonds. The van der Waals surface area contributed by atoms with Gasteiger partial charge in [-0.05, 0) is 25.3 Å². The molecular weight excluding hydrogens is 250 g/mol. The third-order valence-electron chi connectivity index (χ3n) is 3.06. The second-order valence-corrected chi connectivity index (χ2v) is 4.40. The maximum atomic E-state index is 13.5. The molecule has 2 rings (SSSR count). The summed E-state index contributed by atoms with van der Waals surface area (Å²) in [6.45, 7) is 0. The third kappa shape index (κ3) is 2.72. The number of aromatic nitrogens is 1. The summed E-state index contributed by atoms with van der Waals surface area (Å²) in [7, 11) is 0. The Balaban J connectivity index is 2.15. The average molecular weight is 263 g/mol. The molecular formula is C11H13F4N3. The highest BCUT2D eigenvalue weighted by molar-refractivity contribution is 5.40. The number of nitrogens with zero attached hydrogens (tertiary/aromatic N) is 1. The van der Waals surface area contributed by atoms with Gasteiger partial charge in [0.25, 0.3) is 0 Å². The predicted octanol–water partition coefficient (Wildman–Crippen LogP) is 2.53. The summed E-state index contributed by atoms with van der Waals surface area (Å²) in [6.07, 6.45) is -1.47. The van der Waals surface area contributed by atoms with Gasteiger partial charge in [-0.1, -0.05) is 0 Å². The van der Waals surface area contributed by atoms with Gasteiger partial charge in [0.2, 0.25) is 0 Å². The fourth-order valence-corrected chi connectivity index (χ4v) is 2.04. The molecule has 1 fully saturated rings. The molecule has 0 spiro atoms. The number of nitrogens with one attached hydrogen (secondary N) is 1. The Morgan fingerprint density at radius 1 is 1.33 bits per heavy atom. The summed E-state index contributed by atoms with van der Waals surface area (Å²) in [5.74, 6) is -1.19. The van der Waals surface area contributed by atoms with Crippen LogP contribution in [0.3, 0.4) is 0 Å². The first kappa shape index (κ1) is 13.1. The molecule has 0 saturated heterocycles. The predicted molar refractivity (Wildman–Crippen MR) is 58.4 cm³/mol. The molecule has 1 aromatic rings. The molecule has 1 aliphatic rings. The zero-order valence-corrected chi connectivity index (χ0v) is 9.47. The Morgan fingerprint density at radius 2 is 2.06 bits per heavy atom. The second kappa shape index (κ2) is 4.72. The number of pyridine rings is 1. The van der Waals surface area contributed by atoms with E-state index < -0.39 is 17.6 Å². The first-order valence-electron chi connectivity index (χ1n) is 5.63. The number of hydrogen-bond donors (Lipinski definition) is 2. The van der Waals surface area contributed by atoms with Crippen molar-refractivity contribution in [2.75, 3.05) is 5.32 Å². The second-order valence-electron chi connectivity index (χ2n) is 4.40. The van der Waals surface area contributed by atoms with Gasteiger partial charge in [0.15, 0.2) is 11.6 Å². The van der Waals surface area contributed by atoms with Crippen molar-refractivity contribution in [1.29, 1.82) is 0 Å². The molecule has 0 aliphatic heterocycles. The molecule has 0 aromatic carbocycles. The molecule has 2 atom stereocenters. The van der Waals surface area contributed by atoms with Crippen LogP contribution in [0.4, 0.5) is 23.4 Å². The van der Waals surface area contributed by atoms with Crippen LogP contribution in [0.1, 0.15) is 24.8 Å². The van der Waals surface area contributed by atoms with Gasteiger partial charge >= 0.3 is 6.18 Å². The van der Waals surface area contributed by atoms with E-state index in [1.165, 1.54) is 0 Å². The minimum atomic E-state index is -4.59. The Labute approximate surface area is 101 Å². The van der Waals surface area contributed by atoms with Gasteiger partial charge in [0.1, 0.15) is 0 Å². The smallest absolute Gasteiger partial charge is 0.363 e. The van der Waals surface area contributed by atoms with E-state index in [2.05, 4.69) is 10.3 Å². The molecule has 18 heavy (non-hydrogen) atoms. The number of alkyl halides is 3. The summed E-state index contributed by atoms with van der Waals surface area (Å²) in [5.41, 5.74) is 4.69. The first-order valence-corrected chi connectivity index (χ1v) is 5.63. The van der Waals surface area contributed by atoms with Gasteiger partial charge < -0.3 is 11.1 Å². The summed E-state index contributed by atoms with van der Waals surface area (Å²) in [5, 5.41) is 2.76. The quantitative estimate of drug-likeness (QED) is 0.806. The third-order valence-corrected chi connectivity index (χ3v) is 3.06. The van der Waals surface area contributed by atoms with Gasteiger partial charge in [-0.2, -0.15) is 13.2 Å². The lowest BCUT2D eigenvalue weighted by atomic mass is 10.2. The Kier molecular flexibility index (Phi) is 3.43. The molecule has 3 nitrogen and oxygen atoms in total. The summed E-state index contributed by atoms with van der Waals surface area (Å²) >= 11 is 0. The van der Waals surface area contributed by atoms with Gasteiger partial charge in [-0.25, -0.2) is 9.37 Å². The fraction of sp³-hybridized carbons (Fsp3) is 0.545. The summed E-state index contributed by atoms with van der Waals surface area (Å²) < 4.78 is 50.5. The zero-order valence-electron chi connectivity index (χ0n) is 9.47. The molecule has 3 N–H and O–H groups in total. The van der Waals surface area contributed by atoms with Crippen LogP contribution in [0.5, 0.6) is 0 Å². The van der Waals surface area contributed by atoms with Crippen molar-refractivity contribution in [3.8, 4) is 0 Å². The lowest BCUT2D eigenvalue weighted by molar-refractivity contribution is -0.138. The largest absolute Gasteiger partial charge is 0.417 e. The highest BCUT2D eigenvalue weighted by atomic mass is 19.4. The summed E-state index contributed by atoms with van der Waals surface area (Å²) in [4.78, 5) is 3.48. The molecule has 0 bridgehead atoms. The van der Waals surface area contributed by atoms with E-state index >= 15 is 0 Å². The average Bonchev–Trinajstić information content (AvgIpc) is 2.66. The van der Waals surface area contributed by atoms with E-state index in [4.69, 9.17) is 5.73 Å². The molecule has 7 heteroatoms. The highest BCUT2D eigenvalue weighted by Crippen LogP contribution is 2.30. The standard InChI is InChI=1S/C11H13F4N3/c12-7-4-6(11(13,14)15)5-17-10(7)18-9-3-1-2-8(9)16/h4-5,8-9H,1-3,16H2,(H,17,18). The van der Waals surface area contributed by atoms with E-state index in [9.17, 15) is 17.6 Å². The van der Waals surface area contributed by atoms with Gasteiger partial charge in [0.05, 0.1) is 5.56 Å². The molecule has 0 radical (unpaired) electrons. The van der Waals surface area contributed by atoms with Crippen LogP contribution in [0.25, 0.3) is 0 Å². The van der Waals surface area contributed by atoms with Crippen LogP contribution in [-0.4, -0.2) is 17.1 Å². The molecule has 2 unspecified atom stereocenters. The van der Waals surface area contributed by atoms with E-state index in [0.29, 0.717) is 12.3 Å². The number of nitrogens with two attached hydrogens (primary N) is 1. The van der Waals surface area contributed by atoms with Crippen molar-refractivity contribution in [2.24, 2.45) is 5.73 Å². The lowest BCUT2D eigenvalue weighted by Gasteiger charge is -2.18. The Hall–Kier alpha value is -1.37. The van der Waals surface area contributed by atoms with E-state index in [-0.39, 0.29) is 17.9 Å². The molecule has 100 valence electrons. The molecule has 1 saturated carbocycles. The highest BCUT2D eigenvalue weighted by Gasteiger charge is 2.32. The van der Waals surface area contributed by atoms with E-state index in [1.807, 2.05) is 0 Å². The topological polar surface area (TPSA) is 50.9 Å². The van der Waals surface area contributed by atoms with Crippen LogP contribution >= 0.6 is 0 Å². The summed E-state index contributed by atoms with van der Waals surface area (Å²) in [6, 6.07) is 0.188. The van der Waals surface area contributed by atoms with Crippen molar-refractivity contribution in [1.82, 2.24) is 4.98 Å². The van der Waals surface area contributed by atoms with Crippen molar-refractivity contribution >= 4 is 5.82 Å². The van der Waals surface area contributed by atoms with Crippen molar-refractivity contribution in [3.63, 3.8) is 0 Å². The van der Waals surface area contributed by atoms with Crippen LogP contribution < -0.4 is 11.1 Å². The van der Waals surface area contributed by atoms with Crippen LogP contribution in [0.15, 0.2) is 12.3 Å². The number of anilines is 1. The van der Waals surface area contributed by atoms with Gasteiger partial charge in [-0.3, -0.25) is 0 Å².